The molecule has 6 nitrogen and oxygen atoms in total. The average Bonchev–Trinajstić information content (AvgIpc) is 3.14. The van der Waals surface area contributed by atoms with Gasteiger partial charge in [0.05, 0.1) is 18.3 Å². The first-order chi connectivity index (χ1) is 11.7. The molecular formula is C18H22N4O2. The summed E-state index contributed by atoms with van der Waals surface area (Å²) in [6.45, 7) is 1.92. The fraction of sp³-hybridized carbons (Fsp3) is 0.333. The fourth-order valence-corrected chi connectivity index (χ4v) is 3.00. The van der Waals surface area contributed by atoms with Crippen molar-refractivity contribution in [3.8, 4) is 11.3 Å². The van der Waals surface area contributed by atoms with E-state index in [1.807, 2.05) is 42.5 Å². The molecule has 6 heteroatoms. The van der Waals surface area contributed by atoms with E-state index in [0.717, 1.165) is 35.7 Å². The number of aliphatic hydroxyl groups excluding tert-OH is 1. The number of amides is 2. The first kappa shape index (κ1) is 16.3. The molecule has 0 radical (unpaired) electrons. The van der Waals surface area contributed by atoms with Gasteiger partial charge < -0.3 is 21.1 Å². The number of nitrogens with two attached hydrogens (primary N) is 1. The van der Waals surface area contributed by atoms with Crippen LogP contribution in [0.5, 0.6) is 0 Å². The van der Waals surface area contributed by atoms with Crippen molar-refractivity contribution in [2.75, 3.05) is 24.6 Å². The molecule has 0 spiro atoms. The van der Waals surface area contributed by atoms with Crippen LogP contribution in [0.3, 0.4) is 0 Å². The highest BCUT2D eigenvalue weighted by atomic mass is 16.3. The topological polar surface area (TPSA) is 91.5 Å². The Kier molecular flexibility index (Phi) is 4.96. The molecule has 0 bridgehead atoms. The summed E-state index contributed by atoms with van der Waals surface area (Å²) in [6.07, 6.45) is 2.44. The van der Waals surface area contributed by atoms with Gasteiger partial charge in [-0.25, -0.2) is 9.78 Å². The van der Waals surface area contributed by atoms with Gasteiger partial charge in [0.1, 0.15) is 5.82 Å². The van der Waals surface area contributed by atoms with E-state index in [4.69, 9.17) is 10.7 Å². The molecule has 4 N–H and O–H groups in total. The number of carbonyl (C=O) groups excluding carboxylic acids is 1. The smallest absolute Gasteiger partial charge is 0.312 e. The average molecular weight is 326 g/mol. The lowest BCUT2D eigenvalue weighted by Crippen LogP contribution is -2.34. The highest BCUT2D eigenvalue weighted by Gasteiger charge is 2.15. The first-order valence-corrected chi connectivity index (χ1v) is 8.16. The molecule has 1 aliphatic heterocycles. The van der Waals surface area contributed by atoms with Gasteiger partial charge in [0.2, 0.25) is 0 Å². The minimum atomic E-state index is -0.655. The minimum absolute atomic E-state index is 0.203. The molecule has 2 heterocycles. The number of aromatic nitrogens is 1. The first-order valence-electron chi connectivity index (χ1n) is 8.16. The standard InChI is InChI=1S/C18H22N4O2/c19-18(24)21-16(12-23)14-8-6-13(7-9-14)15-4-3-5-17(20-15)22-10-1-2-11-22/h3-9,16,23H,1-2,10-12H2,(H3,19,21,24). The zero-order valence-corrected chi connectivity index (χ0v) is 13.5. The van der Waals surface area contributed by atoms with E-state index >= 15 is 0 Å². The van der Waals surface area contributed by atoms with Crippen molar-refractivity contribution >= 4 is 11.8 Å². The Bertz CT molecular complexity index is 696. The second-order valence-electron chi connectivity index (χ2n) is 5.94. The molecule has 1 saturated heterocycles. The lowest BCUT2D eigenvalue weighted by atomic mass is 10.0. The second kappa shape index (κ2) is 7.31. The van der Waals surface area contributed by atoms with E-state index < -0.39 is 12.1 Å². The number of nitrogens with one attached hydrogen (secondary N) is 1. The van der Waals surface area contributed by atoms with Crippen LogP contribution in [0, 0.1) is 0 Å². The van der Waals surface area contributed by atoms with Gasteiger partial charge in [0, 0.05) is 18.7 Å². The zero-order valence-electron chi connectivity index (χ0n) is 13.5. The summed E-state index contributed by atoms with van der Waals surface area (Å²) in [5.41, 5.74) is 7.84. The summed E-state index contributed by atoms with van der Waals surface area (Å²) in [5.74, 6) is 1.01. The fourth-order valence-electron chi connectivity index (χ4n) is 3.00. The van der Waals surface area contributed by atoms with Gasteiger partial charge in [-0.15, -0.1) is 0 Å². The summed E-state index contributed by atoms with van der Waals surface area (Å²) in [7, 11) is 0. The van der Waals surface area contributed by atoms with Crippen molar-refractivity contribution in [1.82, 2.24) is 10.3 Å². The van der Waals surface area contributed by atoms with E-state index in [9.17, 15) is 9.90 Å². The van der Waals surface area contributed by atoms with Crippen LogP contribution in [0.15, 0.2) is 42.5 Å². The van der Waals surface area contributed by atoms with E-state index in [2.05, 4.69) is 10.2 Å². The number of pyridine rings is 1. The molecule has 1 unspecified atom stereocenters. The summed E-state index contributed by atoms with van der Waals surface area (Å²) < 4.78 is 0. The normalized spacial score (nSPS) is 15.3. The SMILES string of the molecule is NC(=O)NC(CO)c1ccc(-c2cccc(N3CCCC3)n2)cc1. The van der Waals surface area contributed by atoms with Gasteiger partial charge in [-0.3, -0.25) is 0 Å². The Morgan fingerprint density at radius 2 is 1.92 bits per heavy atom. The third-order valence-corrected chi connectivity index (χ3v) is 4.27. The number of carbonyl (C=O) groups is 1. The van der Waals surface area contributed by atoms with Crippen LogP contribution in [0.25, 0.3) is 11.3 Å². The molecule has 0 saturated carbocycles. The lowest BCUT2D eigenvalue weighted by molar-refractivity contribution is 0.223. The van der Waals surface area contributed by atoms with E-state index in [1.54, 1.807) is 0 Å². The Hall–Kier alpha value is -2.60. The molecule has 1 fully saturated rings. The minimum Gasteiger partial charge on any atom is -0.394 e. The van der Waals surface area contributed by atoms with Crippen molar-refractivity contribution in [3.63, 3.8) is 0 Å². The molecule has 1 atom stereocenters. The van der Waals surface area contributed by atoms with Crippen molar-refractivity contribution in [1.29, 1.82) is 0 Å². The molecule has 1 aromatic carbocycles. The Morgan fingerprint density at radius 1 is 1.21 bits per heavy atom. The highest BCUT2D eigenvalue weighted by Crippen LogP contribution is 2.24. The number of rotatable bonds is 5. The highest BCUT2D eigenvalue weighted by molar-refractivity contribution is 5.72. The maximum Gasteiger partial charge on any atom is 0.312 e. The summed E-state index contributed by atoms with van der Waals surface area (Å²) in [4.78, 5) is 18.0. The number of anilines is 1. The van der Waals surface area contributed by atoms with Crippen molar-refractivity contribution < 1.29 is 9.90 Å². The molecule has 2 amide bonds. The number of benzene rings is 1. The van der Waals surface area contributed by atoms with Gasteiger partial charge in [-0.2, -0.15) is 0 Å². The number of hydrogen-bond donors (Lipinski definition) is 3. The van der Waals surface area contributed by atoms with Gasteiger partial charge in [-0.05, 0) is 30.5 Å². The molecule has 2 aromatic rings. The van der Waals surface area contributed by atoms with E-state index in [-0.39, 0.29) is 6.61 Å². The molecular weight excluding hydrogens is 304 g/mol. The molecule has 1 aromatic heterocycles. The summed E-state index contributed by atoms with van der Waals surface area (Å²) >= 11 is 0. The number of urea groups is 1. The molecule has 0 aliphatic carbocycles. The molecule has 24 heavy (non-hydrogen) atoms. The third-order valence-electron chi connectivity index (χ3n) is 4.27. The number of primary amides is 1. The van der Waals surface area contributed by atoms with Crippen molar-refractivity contribution in [2.24, 2.45) is 5.73 Å². The van der Waals surface area contributed by atoms with Crippen LogP contribution < -0.4 is 16.0 Å². The van der Waals surface area contributed by atoms with Crippen molar-refractivity contribution in [2.45, 2.75) is 18.9 Å². The third kappa shape index (κ3) is 3.65. The van der Waals surface area contributed by atoms with Gasteiger partial charge in [-0.1, -0.05) is 30.3 Å². The number of hydrogen-bond acceptors (Lipinski definition) is 4. The van der Waals surface area contributed by atoms with Gasteiger partial charge in [0.15, 0.2) is 0 Å². The maximum atomic E-state index is 11.0. The summed E-state index contributed by atoms with van der Waals surface area (Å²) in [5, 5.41) is 11.9. The molecule has 3 rings (SSSR count). The quantitative estimate of drug-likeness (QED) is 0.784. The Balaban J connectivity index is 1.80. The number of aliphatic hydroxyl groups is 1. The monoisotopic (exact) mass is 326 g/mol. The molecule has 1 aliphatic rings. The van der Waals surface area contributed by atoms with Gasteiger partial charge >= 0.3 is 6.03 Å². The van der Waals surface area contributed by atoms with Crippen LogP contribution >= 0.6 is 0 Å². The predicted molar refractivity (Wildman–Crippen MR) is 93.7 cm³/mol. The van der Waals surface area contributed by atoms with Crippen LogP contribution in [0.1, 0.15) is 24.4 Å². The van der Waals surface area contributed by atoms with Crippen LogP contribution in [0.4, 0.5) is 10.6 Å². The predicted octanol–water partition coefficient (Wildman–Crippen LogP) is 2.05. The maximum absolute atomic E-state index is 11.0. The Morgan fingerprint density at radius 3 is 2.54 bits per heavy atom. The largest absolute Gasteiger partial charge is 0.394 e. The van der Waals surface area contributed by atoms with Crippen LogP contribution in [-0.2, 0) is 0 Å². The van der Waals surface area contributed by atoms with Crippen LogP contribution in [0.2, 0.25) is 0 Å². The molecule has 126 valence electrons. The van der Waals surface area contributed by atoms with E-state index in [1.165, 1.54) is 12.8 Å². The second-order valence-corrected chi connectivity index (χ2v) is 5.94. The van der Waals surface area contributed by atoms with Crippen LogP contribution in [-0.4, -0.2) is 35.8 Å². The summed E-state index contributed by atoms with van der Waals surface area (Å²) in [6, 6.07) is 12.5. The zero-order chi connectivity index (χ0) is 16.9. The van der Waals surface area contributed by atoms with Crippen molar-refractivity contribution in [3.05, 3.63) is 48.0 Å². The number of nitrogens with zero attached hydrogens (tertiary/aromatic N) is 2. The van der Waals surface area contributed by atoms with Gasteiger partial charge in [0.25, 0.3) is 0 Å². The lowest BCUT2D eigenvalue weighted by Gasteiger charge is -2.17. The Labute approximate surface area is 141 Å². The van der Waals surface area contributed by atoms with E-state index in [0.29, 0.717) is 0 Å².